The van der Waals surface area contributed by atoms with Crippen LogP contribution < -0.4 is 4.90 Å². The van der Waals surface area contributed by atoms with Gasteiger partial charge in [0.05, 0.1) is 38.2 Å². The molecule has 0 unspecified atom stereocenters. The lowest BCUT2D eigenvalue weighted by Gasteiger charge is -2.34. The summed E-state index contributed by atoms with van der Waals surface area (Å²) in [5.74, 6) is -0.596. The van der Waals surface area contributed by atoms with Gasteiger partial charge in [-0.1, -0.05) is 11.6 Å². The first-order valence-corrected chi connectivity index (χ1v) is 7.56. The number of hydrogen-bond acceptors (Lipinski definition) is 3. The minimum Gasteiger partial charge on any atom is -0.370 e. The number of hydrogen-bond donors (Lipinski definition) is 0. The molecule has 0 atom stereocenters. The first-order valence-electron chi connectivity index (χ1n) is 6.39. The number of aryl methyl sites for hydroxylation is 1. The zero-order valence-electron chi connectivity index (χ0n) is 11.2. The van der Waals surface area contributed by atoms with E-state index in [1.807, 2.05) is 4.90 Å². The third-order valence-electron chi connectivity index (χ3n) is 3.64. The van der Waals surface area contributed by atoms with E-state index in [4.69, 9.17) is 11.6 Å². The number of aromatic nitrogens is 2. The molecule has 0 saturated carbocycles. The van der Waals surface area contributed by atoms with E-state index in [1.54, 1.807) is 13.2 Å². The van der Waals surface area contributed by atoms with E-state index in [0.717, 1.165) is 19.5 Å². The molecule has 2 aromatic rings. The van der Waals surface area contributed by atoms with E-state index < -0.39 is 5.82 Å². The third kappa shape index (κ3) is 2.21. The van der Waals surface area contributed by atoms with Gasteiger partial charge in [-0.2, -0.15) is 10.4 Å². The molecular formula is C14H11BrClFN4. The van der Waals surface area contributed by atoms with Crippen molar-refractivity contribution in [2.24, 2.45) is 7.05 Å². The summed E-state index contributed by atoms with van der Waals surface area (Å²) >= 11 is 9.39. The fourth-order valence-electron chi connectivity index (χ4n) is 2.45. The Balaban J connectivity index is 2.33. The molecule has 1 aromatic carbocycles. The summed E-state index contributed by atoms with van der Waals surface area (Å²) in [6, 6.07) is 3.65. The molecule has 0 bridgehead atoms. The predicted octanol–water partition coefficient (Wildman–Crippen LogP) is 3.72. The van der Waals surface area contributed by atoms with Crippen molar-refractivity contribution in [1.82, 2.24) is 9.78 Å². The lowest BCUT2D eigenvalue weighted by Crippen LogP contribution is -2.37. The fourth-order valence-corrected chi connectivity index (χ4v) is 3.19. The van der Waals surface area contributed by atoms with Gasteiger partial charge in [-0.05, 0) is 28.4 Å². The molecule has 1 aliphatic rings. The molecular weight excluding hydrogens is 359 g/mol. The number of benzene rings is 1. The summed E-state index contributed by atoms with van der Waals surface area (Å²) in [4.78, 5) is 2.03. The molecule has 7 heteroatoms. The van der Waals surface area contributed by atoms with Gasteiger partial charge in [-0.15, -0.1) is 0 Å². The molecule has 1 fully saturated rings. The van der Waals surface area contributed by atoms with Gasteiger partial charge >= 0.3 is 0 Å². The van der Waals surface area contributed by atoms with Gasteiger partial charge in [0.1, 0.15) is 6.07 Å². The Labute approximate surface area is 134 Å². The third-order valence-corrected chi connectivity index (χ3v) is 4.49. The van der Waals surface area contributed by atoms with Crippen LogP contribution in [0.1, 0.15) is 12.0 Å². The number of rotatable bonds is 2. The molecule has 0 spiro atoms. The molecule has 0 amide bonds. The van der Waals surface area contributed by atoms with Gasteiger partial charge in [0.15, 0.2) is 5.82 Å². The van der Waals surface area contributed by atoms with Crippen LogP contribution in [-0.2, 0) is 7.05 Å². The maximum Gasteiger partial charge on any atom is 0.152 e. The summed E-state index contributed by atoms with van der Waals surface area (Å²) < 4.78 is 16.7. The zero-order chi connectivity index (χ0) is 15.1. The Kier molecular flexibility index (Phi) is 3.64. The van der Waals surface area contributed by atoms with Crippen LogP contribution in [0.4, 0.5) is 10.1 Å². The van der Waals surface area contributed by atoms with Crippen LogP contribution in [0.3, 0.4) is 0 Å². The van der Waals surface area contributed by atoms with Crippen LogP contribution in [0.2, 0.25) is 5.02 Å². The monoisotopic (exact) mass is 368 g/mol. The number of nitriles is 1. The molecule has 21 heavy (non-hydrogen) atoms. The standard InChI is InChI=1S/C14H11BrClFN4/c1-20-14(9(15)7-19-20)12-8(6-18)11(21-3-2-4-21)5-10(16)13(12)17/h5,7H,2-4H2,1H3. The summed E-state index contributed by atoms with van der Waals surface area (Å²) in [7, 11) is 1.70. The minimum absolute atomic E-state index is 0.0130. The van der Waals surface area contributed by atoms with Gasteiger partial charge in [0, 0.05) is 20.1 Å². The van der Waals surface area contributed by atoms with E-state index in [9.17, 15) is 9.65 Å². The lowest BCUT2D eigenvalue weighted by atomic mass is 10.00. The first kappa shape index (κ1) is 14.4. The molecule has 1 saturated heterocycles. The highest BCUT2D eigenvalue weighted by atomic mass is 79.9. The second kappa shape index (κ2) is 5.32. The average Bonchev–Trinajstić information content (AvgIpc) is 2.71. The summed E-state index contributed by atoms with van der Waals surface area (Å²) in [5.41, 5.74) is 1.67. The minimum atomic E-state index is -0.596. The number of anilines is 1. The number of nitrogens with zero attached hydrogens (tertiary/aromatic N) is 4. The highest BCUT2D eigenvalue weighted by Gasteiger charge is 2.27. The van der Waals surface area contributed by atoms with Crippen LogP contribution in [0, 0.1) is 17.1 Å². The van der Waals surface area contributed by atoms with E-state index in [1.165, 1.54) is 10.7 Å². The SMILES string of the molecule is Cn1ncc(Br)c1-c1c(F)c(Cl)cc(N2CCC2)c1C#N. The quantitative estimate of drug-likeness (QED) is 0.810. The van der Waals surface area contributed by atoms with E-state index >= 15 is 0 Å². The average molecular weight is 370 g/mol. The number of halogens is 3. The molecule has 2 heterocycles. The lowest BCUT2D eigenvalue weighted by molar-refractivity contribution is 0.609. The molecule has 1 aliphatic heterocycles. The predicted molar refractivity (Wildman–Crippen MR) is 82.9 cm³/mol. The normalized spacial score (nSPS) is 14.0. The second-order valence-corrected chi connectivity index (χ2v) is 6.12. The van der Waals surface area contributed by atoms with Crippen molar-refractivity contribution in [2.45, 2.75) is 6.42 Å². The van der Waals surface area contributed by atoms with Crippen LogP contribution in [-0.4, -0.2) is 22.9 Å². The van der Waals surface area contributed by atoms with Crippen LogP contribution >= 0.6 is 27.5 Å². The Bertz CT molecular complexity index is 742. The van der Waals surface area contributed by atoms with E-state index in [0.29, 0.717) is 21.4 Å². The topological polar surface area (TPSA) is 44.9 Å². The first-order chi connectivity index (χ1) is 10.0. The van der Waals surface area contributed by atoms with Crippen molar-refractivity contribution in [3.63, 3.8) is 0 Å². The van der Waals surface area contributed by atoms with Crippen molar-refractivity contribution in [3.8, 4) is 17.3 Å². The molecule has 0 N–H and O–H groups in total. The summed E-state index contributed by atoms with van der Waals surface area (Å²) in [6.07, 6.45) is 2.63. The van der Waals surface area contributed by atoms with Crippen molar-refractivity contribution in [2.75, 3.05) is 18.0 Å². The Morgan fingerprint density at radius 3 is 2.67 bits per heavy atom. The fraction of sp³-hybridized carbons (Fsp3) is 0.286. The van der Waals surface area contributed by atoms with Gasteiger partial charge in [0.2, 0.25) is 0 Å². The van der Waals surface area contributed by atoms with Gasteiger partial charge in [-0.3, -0.25) is 4.68 Å². The summed E-state index contributed by atoms with van der Waals surface area (Å²) in [6.45, 7) is 1.70. The Morgan fingerprint density at radius 2 is 2.19 bits per heavy atom. The Morgan fingerprint density at radius 1 is 1.48 bits per heavy atom. The van der Waals surface area contributed by atoms with E-state index in [2.05, 4.69) is 27.1 Å². The molecule has 0 aliphatic carbocycles. The van der Waals surface area contributed by atoms with Gasteiger partial charge < -0.3 is 4.90 Å². The molecule has 3 rings (SSSR count). The van der Waals surface area contributed by atoms with Crippen molar-refractivity contribution in [1.29, 1.82) is 5.26 Å². The molecule has 108 valence electrons. The van der Waals surface area contributed by atoms with Crippen LogP contribution in [0.25, 0.3) is 11.3 Å². The Hall–Kier alpha value is -1.58. The maximum atomic E-state index is 14.6. The van der Waals surface area contributed by atoms with Crippen LogP contribution in [0.15, 0.2) is 16.7 Å². The van der Waals surface area contributed by atoms with Crippen molar-refractivity contribution >= 4 is 33.2 Å². The summed E-state index contributed by atoms with van der Waals surface area (Å²) in [5, 5.41) is 13.6. The largest absolute Gasteiger partial charge is 0.370 e. The highest BCUT2D eigenvalue weighted by Crippen LogP contribution is 2.40. The van der Waals surface area contributed by atoms with Gasteiger partial charge in [-0.25, -0.2) is 4.39 Å². The maximum absolute atomic E-state index is 14.6. The smallest absolute Gasteiger partial charge is 0.152 e. The highest BCUT2D eigenvalue weighted by molar-refractivity contribution is 9.10. The second-order valence-electron chi connectivity index (χ2n) is 4.86. The van der Waals surface area contributed by atoms with Crippen LogP contribution in [0.5, 0.6) is 0 Å². The molecule has 4 nitrogen and oxygen atoms in total. The van der Waals surface area contributed by atoms with Crippen molar-refractivity contribution < 1.29 is 4.39 Å². The molecule has 1 aromatic heterocycles. The zero-order valence-corrected chi connectivity index (χ0v) is 13.5. The van der Waals surface area contributed by atoms with Gasteiger partial charge in [0.25, 0.3) is 0 Å². The van der Waals surface area contributed by atoms with Crippen molar-refractivity contribution in [3.05, 3.63) is 33.1 Å². The molecule has 0 radical (unpaired) electrons. The van der Waals surface area contributed by atoms with E-state index in [-0.39, 0.29) is 10.6 Å².